The third-order valence-electron chi connectivity index (χ3n) is 6.86. The fourth-order valence-electron chi connectivity index (χ4n) is 4.59. The Labute approximate surface area is 246 Å². The average molecular weight is 569 g/mol. The van der Waals surface area contributed by atoms with Gasteiger partial charge >= 0.3 is 0 Å². The number of likely N-dealkylation sites (N-methyl/N-ethyl adjacent to an activating group) is 1. The number of rotatable bonds is 12. The van der Waals surface area contributed by atoms with Gasteiger partial charge in [0.05, 0.1) is 22.2 Å². The molecule has 8 heteroatoms. The van der Waals surface area contributed by atoms with Crippen molar-refractivity contribution >= 4 is 29.2 Å². The molecule has 212 valence electrons. The number of aryl methyl sites for hydroxylation is 2. The van der Waals surface area contributed by atoms with E-state index < -0.39 is 6.04 Å². The van der Waals surface area contributed by atoms with Crippen molar-refractivity contribution in [2.75, 3.05) is 27.3 Å². The van der Waals surface area contributed by atoms with Crippen LogP contribution in [0.15, 0.2) is 85.2 Å². The van der Waals surface area contributed by atoms with E-state index in [9.17, 15) is 9.59 Å². The smallest absolute Gasteiger partial charge is 0.247 e. The summed E-state index contributed by atoms with van der Waals surface area (Å²) in [6.45, 7) is 5.00. The summed E-state index contributed by atoms with van der Waals surface area (Å²) in [5, 5.41) is 0.942. The number of amides is 2. The number of methoxy groups -OCH3 is 1. The highest BCUT2D eigenvalue weighted by Crippen LogP contribution is 2.23. The Bertz CT molecular complexity index is 1450. The Hall–Kier alpha value is -4.14. The van der Waals surface area contributed by atoms with Crippen LogP contribution in [-0.4, -0.2) is 64.9 Å². The summed E-state index contributed by atoms with van der Waals surface area (Å²) in [5.41, 5.74) is 4.91. The normalized spacial score (nSPS) is 11.9. The number of thiazole rings is 1. The molecule has 4 aromatic rings. The van der Waals surface area contributed by atoms with Gasteiger partial charge in [-0.15, -0.1) is 11.3 Å². The number of hydrogen-bond acceptors (Lipinski definition) is 6. The summed E-state index contributed by atoms with van der Waals surface area (Å²) in [6.07, 6.45) is 7.29. The Morgan fingerprint density at radius 1 is 0.951 bits per heavy atom. The highest BCUT2D eigenvalue weighted by Gasteiger charge is 2.31. The van der Waals surface area contributed by atoms with E-state index in [0.717, 1.165) is 37.8 Å². The van der Waals surface area contributed by atoms with Crippen LogP contribution >= 0.6 is 11.3 Å². The quantitative estimate of drug-likeness (QED) is 0.209. The summed E-state index contributed by atoms with van der Waals surface area (Å²) in [4.78, 5) is 40.6. The zero-order chi connectivity index (χ0) is 29.2. The average Bonchev–Trinajstić information content (AvgIpc) is 3.33. The molecule has 0 saturated carbocycles. The SMILES string of the molecule is COCCN(C)C(=O)C(Cc1ccccc1)N(Cc1ccc(-c2ccncc2)cc1)C(=O)C=Cc1sc(C)nc1C. The van der Waals surface area contributed by atoms with E-state index in [0.29, 0.717) is 19.6 Å². The maximum atomic E-state index is 13.9. The second kappa shape index (κ2) is 14.5. The lowest BCUT2D eigenvalue weighted by Gasteiger charge is -2.33. The number of carbonyl (C=O) groups excluding carboxylic acids is 2. The maximum Gasteiger partial charge on any atom is 0.247 e. The second-order valence-electron chi connectivity index (χ2n) is 9.87. The summed E-state index contributed by atoms with van der Waals surface area (Å²) in [7, 11) is 3.37. The van der Waals surface area contributed by atoms with E-state index in [4.69, 9.17) is 4.74 Å². The van der Waals surface area contributed by atoms with Gasteiger partial charge in [-0.2, -0.15) is 0 Å². The molecule has 2 heterocycles. The van der Waals surface area contributed by atoms with Crippen molar-refractivity contribution < 1.29 is 14.3 Å². The van der Waals surface area contributed by atoms with E-state index in [-0.39, 0.29) is 18.4 Å². The fourth-order valence-corrected chi connectivity index (χ4v) is 5.42. The number of nitrogens with zero attached hydrogens (tertiary/aromatic N) is 4. The van der Waals surface area contributed by atoms with Crippen molar-refractivity contribution in [2.24, 2.45) is 0 Å². The van der Waals surface area contributed by atoms with Gasteiger partial charge in [0.15, 0.2) is 0 Å². The monoisotopic (exact) mass is 568 g/mol. The van der Waals surface area contributed by atoms with Crippen molar-refractivity contribution in [3.63, 3.8) is 0 Å². The number of aromatic nitrogens is 2. The molecule has 0 radical (unpaired) electrons. The third-order valence-corrected chi connectivity index (χ3v) is 7.90. The zero-order valence-electron chi connectivity index (χ0n) is 24.0. The van der Waals surface area contributed by atoms with Gasteiger partial charge in [0.1, 0.15) is 6.04 Å². The van der Waals surface area contributed by atoms with Crippen LogP contribution in [0.4, 0.5) is 0 Å². The van der Waals surface area contributed by atoms with Gasteiger partial charge in [-0.1, -0.05) is 54.6 Å². The van der Waals surface area contributed by atoms with Crippen LogP contribution in [0.1, 0.15) is 26.7 Å². The van der Waals surface area contributed by atoms with Gasteiger partial charge in [0.2, 0.25) is 11.8 Å². The first-order valence-corrected chi connectivity index (χ1v) is 14.4. The summed E-state index contributed by atoms with van der Waals surface area (Å²) in [6, 6.07) is 21.1. The fraction of sp³-hybridized carbons (Fsp3) is 0.273. The van der Waals surface area contributed by atoms with E-state index in [1.165, 1.54) is 0 Å². The van der Waals surface area contributed by atoms with Crippen LogP contribution in [0.3, 0.4) is 0 Å². The number of hydrogen-bond donors (Lipinski definition) is 0. The third kappa shape index (κ3) is 8.19. The lowest BCUT2D eigenvalue weighted by atomic mass is 10.0. The van der Waals surface area contributed by atoms with Gasteiger partial charge in [-0.05, 0) is 54.3 Å². The predicted octanol–water partition coefficient (Wildman–Crippen LogP) is 5.58. The highest BCUT2D eigenvalue weighted by molar-refractivity contribution is 7.12. The Balaban J connectivity index is 1.69. The number of benzene rings is 2. The topological polar surface area (TPSA) is 75.6 Å². The first-order valence-electron chi connectivity index (χ1n) is 13.6. The largest absolute Gasteiger partial charge is 0.383 e. The minimum absolute atomic E-state index is 0.133. The molecule has 0 saturated heterocycles. The molecule has 41 heavy (non-hydrogen) atoms. The maximum absolute atomic E-state index is 13.9. The van der Waals surface area contributed by atoms with Crippen LogP contribution < -0.4 is 0 Å². The molecule has 0 aliphatic heterocycles. The standard InChI is InChI=1S/C33H36N4O3S/c1-24-31(41-25(2)35-24)14-15-32(38)37(23-27-10-12-28(13-11-27)29-16-18-34-19-17-29)30(22-26-8-6-5-7-9-26)33(39)36(3)20-21-40-4/h5-19,30H,20-23H2,1-4H3. The van der Waals surface area contributed by atoms with E-state index in [1.54, 1.807) is 59.8 Å². The molecule has 1 unspecified atom stereocenters. The first kappa shape index (κ1) is 29.8. The van der Waals surface area contributed by atoms with Gasteiger partial charge < -0.3 is 14.5 Å². The molecular formula is C33H36N4O3S. The van der Waals surface area contributed by atoms with Crippen LogP contribution in [0.25, 0.3) is 17.2 Å². The predicted molar refractivity (Wildman–Crippen MR) is 164 cm³/mol. The van der Waals surface area contributed by atoms with Crippen LogP contribution in [0.5, 0.6) is 0 Å². The molecule has 0 fully saturated rings. The van der Waals surface area contributed by atoms with E-state index >= 15 is 0 Å². The lowest BCUT2D eigenvalue weighted by molar-refractivity contribution is -0.143. The highest BCUT2D eigenvalue weighted by atomic mass is 32.1. The Morgan fingerprint density at radius 2 is 1.63 bits per heavy atom. The van der Waals surface area contributed by atoms with Crippen molar-refractivity contribution in [2.45, 2.75) is 32.9 Å². The van der Waals surface area contributed by atoms with Crippen LogP contribution in [0, 0.1) is 13.8 Å². The molecule has 7 nitrogen and oxygen atoms in total. The molecule has 2 aromatic carbocycles. The minimum Gasteiger partial charge on any atom is -0.383 e. The minimum atomic E-state index is -0.708. The number of pyridine rings is 1. The molecule has 0 bridgehead atoms. The van der Waals surface area contributed by atoms with Gasteiger partial charge in [0, 0.05) is 52.1 Å². The van der Waals surface area contributed by atoms with E-state index in [2.05, 4.69) is 9.97 Å². The molecule has 1 atom stereocenters. The van der Waals surface area contributed by atoms with Crippen molar-refractivity contribution in [3.8, 4) is 11.1 Å². The Morgan fingerprint density at radius 3 is 2.27 bits per heavy atom. The Kier molecular flexibility index (Phi) is 10.5. The molecule has 0 spiro atoms. The molecule has 4 rings (SSSR count). The molecular weight excluding hydrogens is 532 g/mol. The molecule has 2 aromatic heterocycles. The van der Waals surface area contributed by atoms with Gasteiger partial charge in [-0.3, -0.25) is 14.6 Å². The number of ether oxygens (including phenoxy) is 1. The summed E-state index contributed by atoms with van der Waals surface area (Å²) < 4.78 is 5.22. The lowest BCUT2D eigenvalue weighted by Crippen LogP contribution is -2.51. The van der Waals surface area contributed by atoms with E-state index in [1.807, 2.05) is 80.6 Å². The number of carbonyl (C=O) groups is 2. The van der Waals surface area contributed by atoms with Crippen molar-refractivity contribution in [1.29, 1.82) is 0 Å². The van der Waals surface area contributed by atoms with Crippen LogP contribution in [-0.2, 0) is 27.3 Å². The second-order valence-corrected chi connectivity index (χ2v) is 11.1. The van der Waals surface area contributed by atoms with Crippen LogP contribution in [0.2, 0.25) is 0 Å². The van der Waals surface area contributed by atoms with Crippen molar-refractivity contribution in [1.82, 2.24) is 19.8 Å². The molecule has 0 N–H and O–H groups in total. The zero-order valence-corrected chi connectivity index (χ0v) is 24.8. The molecule has 0 aliphatic rings. The van der Waals surface area contributed by atoms with Gasteiger partial charge in [0.25, 0.3) is 0 Å². The van der Waals surface area contributed by atoms with Crippen molar-refractivity contribution in [3.05, 3.63) is 112 Å². The summed E-state index contributed by atoms with van der Waals surface area (Å²) >= 11 is 1.54. The van der Waals surface area contributed by atoms with Gasteiger partial charge in [-0.25, -0.2) is 4.98 Å². The first-order chi connectivity index (χ1) is 19.9. The summed E-state index contributed by atoms with van der Waals surface area (Å²) in [5.74, 6) is -0.367. The molecule has 2 amide bonds. The molecule has 0 aliphatic carbocycles.